The van der Waals surface area contributed by atoms with E-state index >= 15 is 0 Å². The zero-order valence-electron chi connectivity index (χ0n) is 16.6. The maximum atomic E-state index is 14.6. The van der Waals surface area contributed by atoms with Crippen molar-refractivity contribution in [3.05, 3.63) is 45.2 Å². The van der Waals surface area contributed by atoms with Gasteiger partial charge in [0.25, 0.3) is 12.6 Å². The first-order valence-corrected chi connectivity index (χ1v) is 10.5. The van der Waals surface area contributed by atoms with Crippen molar-refractivity contribution in [1.82, 2.24) is 14.6 Å². The molecule has 6 nitrogen and oxygen atoms in total. The highest BCUT2D eigenvalue weighted by Crippen LogP contribution is 2.42. The molecule has 1 fully saturated rings. The van der Waals surface area contributed by atoms with E-state index < -0.39 is 11.7 Å². The van der Waals surface area contributed by atoms with E-state index in [-0.39, 0.29) is 23.3 Å². The molecule has 9 heteroatoms. The molecule has 4 heterocycles. The highest BCUT2D eigenvalue weighted by molar-refractivity contribution is 7.14. The number of fused-ring (bicyclic) bond motifs is 1. The van der Waals surface area contributed by atoms with Crippen molar-refractivity contribution in [3.63, 3.8) is 0 Å². The van der Waals surface area contributed by atoms with E-state index in [1.165, 1.54) is 17.4 Å². The van der Waals surface area contributed by atoms with Crippen molar-refractivity contribution >= 4 is 35.4 Å². The summed E-state index contributed by atoms with van der Waals surface area (Å²) < 4.78 is 16.2. The van der Waals surface area contributed by atoms with Gasteiger partial charge in [-0.25, -0.2) is 19.2 Å². The molecule has 29 heavy (non-hydrogen) atoms. The van der Waals surface area contributed by atoms with Gasteiger partial charge >= 0.3 is 0 Å². The van der Waals surface area contributed by atoms with Gasteiger partial charge in [-0.1, -0.05) is 19.7 Å². The fraction of sp³-hybridized carbons (Fsp3) is 0.400. The van der Waals surface area contributed by atoms with Gasteiger partial charge in [0, 0.05) is 10.8 Å². The molecule has 1 aliphatic rings. The molecule has 3 aromatic heterocycles. The Labute approximate surface area is 172 Å². The minimum absolute atomic E-state index is 0.0647. The zero-order chi connectivity index (χ0) is 20.7. The summed E-state index contributed by atoms with van der Waals surface area (Å²) in [5.41, 5.74) is 2.43. The van der Waals surface area contributed by atoms with Crippen LogP contribution in [-0.4, -0.2) is 27.2 Å². The first kappa shape index (κ1) is 19.6. The molecule has 0 bridgehead atoms. The topological polar surface area (TPSA) is 83.1 Å². The van der Waals surface area contributed by atoms with Gasteiger partial charge in [-0.3, -0.25) is 4.79 Å². The SMILES string of the molecule is Cc1cn2nc(NC(=O)c3sc(C4CCB(C#N)C(C)C4)cc3F)cc(C)c2n1. The summed E-state index contributed by atoms with van der Waals surface area (Å²) in [6.45, 7) is 5.90. The van der Waals surface area contributed by atoms with Gasteiger partial charge in [-0.2, -0.15) is 0 Å². The van der Waals surface area contributed by atoms with Crippen LogP contribution < -0.4 is 5.32 Å². The Morgan fingerprint density at radius 3 is 2.97 bits per heavy atom. The molecule has 148 valence electrons. The highest BCUT2D eigenvalue weighted by atomic mass is 32.1. The second-order valence-electron chi connectivity index (χ2n) is 7.87. The number of carbonyl (C=O) groups is 1. The van der Waals surface area contributed by atoms with Crippen LogP contribution in [0, 0.1) is 30.9 Å². The molecule has 0 aliphatic carbocycles. The molecule has 3 aromatic rings. The largest absolute Gasteiger partial charge is 0.304 e. The van der Waals surface area contributed by atoms with E-state index in [4.69, 9.17) is 0 Å². The predicted molar refractivity (Wildman–Crippen MR) is 112 cm³/mol. The summed E-state index contributed by atoms with van der Waals surface area (Å²) in [5, 5.41) is 16.3. The van der Waals surface area contributed by atoms with E-state index in [0.717, 1.165) is 40.9 Å². The van der Waals surface area contributed by atoms with Crippen molar-refractivity contribution in [3.8, 4) is 5.97 Å². The van der Waals surface area contributed by atoms with E-state index in [0.29, 0.717) is 5.82 Å². The molecule has 1 aliphatic heterocycles. The Bertz CT molecular complexity index is 1130. The summed E-state index contributed by atoms with van der Waals surface area (Å²) in [4.78, 5) is 18.0. The second-order valence-corrected chi connectivity index (χ2v) is 8.95. The highest BCUT2D eigenvalue weighted by Gasteiger charge is 2.33. The van der Waals surface area contributed by atoms with Crippen molar-refractivity contribution in [2.45, 2.75) is 51.7 Å². The van der Waals surface area contributed by atoms with Crippen molar-refractivity contribution in [2.75, 3.05) is 5.32 Å². The number of halogens is 1. The van der Waals surface area contributed by atoms with Gasteiger partial charge in [-0.15, -0.1) is 16.4 Å². The Hall–Kier alpha value is -2.73. The normalized spacial score (nSPS) is 19.3. The standard InChI is InChI=1S/C20H21BFN5OS/c1-11-6-17(26-27-9-13(3)24-19(11)27)25-20(28)18-15(22)8-16(29-18)14-4-5-21(10-23)12(2)7-14/h6,8-9,12,14H,4-5,7H2,1-3H3,(H,25,26,28). The molecule has 4 rings (SSSR count). The van der Waals surface area contributed by atoms with Gasteiger partial charge in [0.1, 0.15) is 10.7 Å². The van der Waals surface area contributed by atoms with E-state index in [2.05, 4.69) is 28.3 Å². The van der Waals surface area contributed by atoms with Crippen LogP contribution in [0.1, 0.15) is 51.5 Å². The molecule has 0 saturated carbocycles. The van der Waals surface area contributed by atoms with Crippen LogP contribution in [0.5, 0.6) is 0 Å². The maximum absolute atomic E-state index is 14.6. The van der Waals surface area contributed by atoms with Gasteiger partial charge in [-0.05, 0) is 49.7 Å². The third-order valence-electron chi connectivity index (χ3n) is 5.62. The summed E-state index contributed by atoms with van der Waals surface area (Å²) >= 11 is 1.20. The lowest BCUT2D eigenvalue weighted by molar-refractivity contribution is 0.102. The summed E-state index contributed by atoms with van der Waals surface area (Å²) in [6, 6.07) is 3.21. The monoisotopic (exact) mass is 409 g/mol. The first-order valence-electron chi connectivity index (χ1n) is 9.69. The van der Waals surface area contributed by atoms with Crippen molar-refractivity contribution in [1.29, 1.82) is 5.26 Å². The van der Waals surface area contributed by atoms with Crippen LogP contribution in [0.3, 0.4) is 0 Å². The lowest BCUT2D eigenvalue weighted by Gasteiger charge is -2.27. The zero-order valence-corrected chi connectivity index (χ0v) is 17.4. The number of nitrogens with one attached hydrogen (secondary N) is 1. The number of nitrogens with zero attached hydrogens (tertiary/aromatic N) is 4. The number of aryl methyl sites for hydroxylation is 2. The average Bonchev–Trinajstić information content (AvgIpc) is 3.24. The van der Waals surface area contributed by atoms with Gasteiger partial charge in [0.05, 0.1) is 11.9 Å². The number of nitriles is 1. The molecule has 0 radical (unpaired) electrons. The average molecular weight is 409 g/mol. The van der Waals surface area contributed by atoms with Gasteiger partial charge < -0.3 is 5.32 Å². The van der Waals surface area contributed by atoms with Crippen LogP contribution in [0.25, 0.3) is 5.65 Å². The number of amides is 1. The molecule has 1 amide bonds. The van der Waals surface area contributed by atoms with Crippen LogP contribution in [-0.2, 0) is 0 Å². The lowest BCUT2D eigenvalue weighted by atomic mass is 9.36. The van der Waals surface area contributed by atoms with E-state index in [9.17, 15) is 14.4 Å². The summed E-state index contributed by atoms with van der Waals surface area (Å²) in [7, 11) is 0. The number of hydrogen-bond donors (Lipinski definition) is 1. The molecule has 2 atom stereocenters. The summed E-state index contributed by atoms with van der Waals surface area (Å²) in [5.74, 6) is 2.18. The van der Waals surface area contributed by atoms with E-state index in [1.54, 1.807) is 16.8 Å². The number of thiophene rings is 1. The minimum atomic E-state index is -0.506. The molecular formula is C20H21BFN5OS. The number of hydrogen-bond acceptors (Lipinski definition) is 5. The molecule has 1 saturated heterocycles. The van der Waals surface area contributed by atoms with Crippen LogP contribution >= 0.6 is 11.3 Å². The molecular weight excluding hydrogens is 388 g/mol. The number of carbonyl (C=O) groups excluding carboxylic acids is 1. The van der Waals surface area contributed by atoms with Crippen LogP contribution in [0.2, 0.25) is 12.1 Å². The molecule has 1 N–H and O–H groups in total. The third-order valence-corrected chi connectivity index (χ3v) is 6.89. The molecule has 0 aromatic carbocycles. The predicted octanol–water partition coefficient (Wildman–Crippen LogP) is 4.62. The third kappa shape index (κ3) is 3.77. The molecule has 2 unspecified atom stereocenters. The number of imidazole rings is 1. The number of aromatic nitrogens is 3. The fourth-order valence-corrected chi connectivity index (χ4v) is 5.15. The fourth-order valence-electron chi connectivity index (χ4n) is 4.07. The first-order chi connectivity index (χ1) is 13.9. The Balaban J connectivity index is 1.53. The van der Waals surface area contributed by atoms with Crippen molar-refractivity contribution < 1.29 is 9.18 Å². The Kier molecular flexibility index (Phi) is 5.13. The number of anilines is 1. The minimum Gasteiger partial charge on any atom is -0.304 e. The smallest absolute Gasteiger partial charge is 0.270 e. The van der Waals surface area contributed by atoms with Crippen molar-refractivity contribution in [2.24, 2.45) is 0 Å². The summed E-state index contributed by atoms with van der Waals surface area (Å²) in [6.07, 6.45) is 4.29. The maximum Gasteiger partial charge on any atom is 0.270 e. The number of rotatable bonds is 3. The second kappa shape index (κ2) is 7.60. The lowest BCUT2D eigenvalue weighted by Crippen LogP contribution is -2.24. The van der Waals surface area contributed by atoms with Crippen LogP contribution in [0.15, 0.2) is 18.3 Å². The Morgan fingerprint density at radius 1 is 1.45 bits per heavy atom. The van der Waals surface area contributed by atoms with E-state index in [1.807, 2.05) is 13.8 Å². The van der Waals surface area contributed by atoms with Gasteiger partial charge in [0.2, 0.25) is 0 Å². The van der Waals surface area contributed by atoms with Gasteiger partial charge in [0.15, 0.2) is 11.5 Å². The van der Waals surface area contributed by atoms with Crippen LogP contribution in [0.4, 0.5) is 10.2 Å². The Morgan fingerprint density at radius 2 is 2.24 bits per heavy atom. The molecule has 0 spiro atoms. The quantitative estimate of drug-likeness (QED) is 0.640.